The van der Waals surface area contributed by atoms with E-state index in [-0.39, 0.29) is 16.7 Å². The van der Waals surface area contributed by atoms with E-state index in [0.29, 0.717) is 18.7 Å². The molecular formula is C17H18ClNO5S. The first-order valence-corrected chi connectivity index (χ1v) is 9.57. The molecule has 0 amide bonds. The molecule has 0 aromatic heterocycles. The van der Waals surface area contributed by atoms with Crippen LogP contribution >= 0.6 is 11.6 Å². The molecule has 6 nitrogen and oxygen atoms in total. The van der Waals surface area contributed by atoms with Crippen LogP contribution in [0, 0.1) is 0 Å². The molecule has 3 rings (SSSR count). The van der Waals surface area contributed by atoms with E-state index >= 15 is 0 Å². The second kappa shape index (κ2) is 7.51. The van der Waals surface area contributed by atoms with Gasteiger partial charge in [0.05, 0.1) is 17.0 Å². The van der Waals surface area contributed by atoms with E-state index in [1.807, 2.05) is 18.2 Å². The van der Waals surface area contributed by atoms with Crippen molar-refractivity contribution in [3.63, 3.8) is 0 Å². The largest absolute Gasteiger partial charge is 0.495 e. The van der Waals surface area contributed by atoms with Crippen LogP contribution in [-0.2, 0) is 16.4 Å². The second-order valence-electron chi connectivity index (χ2n) is 5.49. The Labute approximate surface area is 151 Å². The zero-order chi connectivity index (χ0) is 17.9. The summed E-state index contributed by atoms with van der Waals surface area (Å²) in [5, 5.41) is 0.255. The van der Waals surface area contributed by atoms with Gasteiger partial charge in [0.25, 0.3) is 0 Å². The zero-order valence-corrected chi connectivity index (χ0v) is 15.2. The first-order chi connectivity index (χ1) is 12.0. The lowest BCUT2D eigenvalue weighted by Crippen LogP contribution is -2.25. The van der Waals surface area contributed by atoms with Crippen molar-refractivity contribution in [3.8, 4) is 17.2 Å². The maximum Gasteiger partial charge on any atom is 0.240 e. The van der Waals surface area contributed by atoms with Gasteiger partial charge in [0.15, 0.2) is 11.5 Å². The molecular weight excluding hydrogens is 366 g/mol. The van der Waals surface area contributed by atoms with Crippen LogP contribution in [0.2, 0.25) is 5.02 Å². The van der Waals surface area contributed by atoms with Gasteiger partial charge in [-0.05, 0) is 48.7 Å². The summed E-state index contributed by atoms with van der Waals surface area (Å²) in [6.07, 6.45) is 1.38. The number of hydrogen-bond donors (Lipinski definition) is 1. The molecule has 2 aromatic carbocycles. The topological polar surface area (TPSA) is 73.9 Å². The Kier molecular flexibility index (Phi) is 5.36. The van der Waals surface area contributed by atoms with Crippen molar-refractivity contribution < 1.29 is 22.6 Å². The highest BCUT2D eigenvalue weighted by Gasteiger charge is 2.16. The van der Waals surface area contributed by atoms with Gasteiger partial charge in [-0.15, -0.1) is 0 Å². The number of halogens is 1. The van der Waals surface area contributed by atoms with Crippen molar-refractivity contribution in [2.75, 3.05) is 20.4 Å². The van der Waals surface area contributed by atoms with E-state index in [4.69, 9.17) is 25.8 Å². The number of rotatable bonds is 7. The second-order valence-corrected chi connectivity index (χ2v) is 7.66. The summed E-state index contributed by atoms with van der Waals surface area (Å²) < 4.78 is 42.8. The van der Waals surface area contributed by atoms with Gasteiger partial charge >= 0.3 is 0 Å². The van der Waals surface area contributed by atoms with E-state index in [9.17, 15) is 8.42 Å². The van der Waals surface area contributed by atoms with Crippen molar-refractivity contribution >= 4 is 21.6 Å². The lowest BCUT2D eigenvalue weighted by atomic mass is 10.1. The molecule has 1 aliphatic heterocycles. The third kappa shape index (κ3) is 4.18. The summed E-state index contributed by atoms with van der Waals surface area (Å²) in [4.78, 5) is 0.112. The van der Waals surface area contributed by atoms with Gasteiger partial charge in [0.1, 0.15) is 5.75 Å². The molecule has 0 saturated heterocycles. The molecule has 2 aromatic rings. The molecule has 0 bridgehead atoms. The van der Waals surface area contributed by atoms with E-state index < -0.39 is 10.0 Å². The van der Waals surface area contributed by atoms with E-state index in [1.165, 1.54) is 25.3 Å². The highest BCUT2D eigenvalue weighted by atomic mass is 35.5. The van der Waals surface area contributed by atoms with Crippen LogP contribution in [0.5, 0.6) is 17.2 Å². The summed E-state index contributed by atoms with van der Waals surface area (Å²) in [7, 11) is -2.13. The lowest BCUT2D eigenvalue weighted by molar-refractivity contribution is 0.174. The Morgan fingerprint density at radius 3 is 2.72 bits per heavy atom. The lowest BCUT2D eigenvalue weighted by Gasteiger charge is -2.09. The minimum absolute atomic E-state index is 0.112. The molecule has 0 spiro atoms. The minimum atomic E-state index is -3.61. The minimum Gasteiger partial charge on any atom is -0.495 e. The van der Waals surface area contributed by atoms with Crippen molar-refractivity contribution in [3.05, 3.63) is 47.0 Å². The number of fused-ring (bicyclic) bond motifs is 1. The Morgan fingerprint density at radius 1 is 1.16 bits per heavy atom. The smallest absolute Gasteiger partial charge is 0.240 e. The molecule has 1 heterocycles. The number of nitrogens with one attached hydrogen (secondary N) is 1. The molecule has 134 valence electrons. The molecule has 0 radical (unpaired) electrons. The normalized spacial score (nSPS) is 13.0. The molecule has 8 heteroatoms. The van der Waals surface area contributed by atoms with Crippen molar-refractivity contribution in [1.29, 1.82) is 0 Å². The Morgan fingerprint density at radius 2 is 1.96 bits per heavy atom. The Balaban J connectivity index is 1.55. The standard InChI is InChI=1S/C17H18ClNO5S/c1-22-15-7-5-13(10-14(15)18)25(20,21)19-8-2-3-12-4-6-16-17(9-12)24-11-23-16/h4-7,9-10,19H,2-3,8,11H2,1H3. The monoisotopic (exact) mass is 383 g/mol. The van der Waals surface area contributed by atoms with E-state index in [0.717, 1.165) is 23.5 Å². The zero-order valence-electron chi connectivity index (χ0n) is 13.6. The van der Waals surface area contributed by atoms with Gasteiger partial charge in [-0.1, -0.05) is 17.7 Å². The fourth-order valence-electron chi connectivity index (χ4n) is 2.49. The molecule has 0 atom stereocenters. The van der Waals surface area contributed by atoms with Crippen LogP contribution in [0.4, 0.5) is 0 Å². The first kappa shape index (κ1) is 17.8. The van der Waals surface area contributed by atoms with Gasteiger partial charge in [0.2, 0.25) is 16.8 Å². The summed E-state index contributed by atoms with van der Waals surface area (Å²) in [6, 6.07) is 10.1. The van der Waals surface area contributed by atoms with Gasteiger partial charge in [0, 0.05) is 6.54 Å². The Hall–Kier alpha value is -1.96. The summed E-state index contributed by atoms with van der Waals surface area (Å²) in [5.74, 6) is 1.90. The van der Waals surface area contributed by atoms with E-state index in [2.05, 4.69) is 4.72 Å². The van der Waals surface area contributed by atoms with Crippen LogP contribution in [-0.4, -0.2) is 28.9 Å². The number of sulfonamides is 1. The van der Waals surface area contributed by atoms with Crippen molar-refractivity contribution in [2.45, 2.75) is 17.7 Å². The number of ether oxygens (including phenoxy) is 3. The average molecular weight is 384 g/mol. The predicted octanol–water partition coefficient (Wildman–Crippen LogP) is 2.99. The molecule has 0 saturated carbocycles. The molecule has 1 aliphatic rings. The van der Waals surface area contributed by atoms with Crippen LogP contribution in [0.1, 0.15) is 12.0 Å². The van der Waals surface area contributed by atoms with Gasteiger partial charge in [-0.3, -0.25) is 0 Å². The average Bonchev–Trinajstić information content (AvgIpc) is 3.06. The number of benzene rings is 2. The number of methoxy groups -OCH3 is 1. The van der Waals surface area contributed by atoms with Crippen LogP contribution in [0.15, 0.2) is 41.3 Å². The summed E-state index contributed by atoms with van der Waals surface area (Å²) >= 11 is 5.98. The molecule has 0 aliphatic carbocycles. The van der Waals surface area contributed by atoms with Crippen LogP contribution in [0.25, 0.3) is 0 Å². The van der Waals surface area contributed by atoms with Crippen LogP contribution in [0.3, 0.4) is 0 Å². The molecule has 0 fully saturated rings. The predicted molar refractivity (Wildman–Crippen MR) is 94.1 cm³/mol. The molecule has 1 N–H and O–H groups in total. The quantitative estimate of drug-likeness (QED) is 0.744. The highest BCUT2D eigenvalue weighted by molar-refractivity contribution is 7.89. The first-order valence-electron chi connectivity index (χ1n) is 7.71. The van der Waals surface area contributed by atoms with Crippen molar-refractivity contribution in [2.24, 2.45) is 0 Å². The fraction of sp³-hybridized carbons (Fsp3) is 0.294. The SMILES string of the molecule is COc1ccc(S(=O)(=O)NCCCc2ccc3c(c2)OCO3)cc1Cl. The maximum absolute atomic E-state index is 12.3. The maximum atomic E-state index is 12.3. The van der Waals surface area contributed by atoms with Gasteiger partial charge in [-0.25, -0.2) is 13.1 Å². The summed E-state index contributed by atoms with van der Waals surface area (Å²) in [5.41, 5.74) is 1.07. The number of aryl methyl sites for hydroxylation is 1. The van der Waals surface area contributed by atoms with E-state index in [1.54, 1.807) is 0 Å². The summed E-state index contributed by atoms with van der Waals surface area (Å²) in [6.45, 7) is 0.559. The third-order valence-electron chi connectivity index (χ3n) is 3.80. The highest BCUT2D eigenvalue weighted by Crippen LogP contribution is 2.32. The third-order valence-corrected chi connectivity index (χ3v) is 5.56. The molecule has 0 unspecified atom stereocenters. The molecule has 25 heavy (non-hydrogen) atoms. The van der Waals surface area contributed by atoms with Crippen LogP contribution < -0.4 is 18.9 Å². The van der Waals surface area contributed by atoms with Crippen molar-refractivity contribution in [1.82, 2.24) is 4.72 Å². The fourth-order valence-corrected chi connectivity index (χ4v) is 3.92. The number of hydrogen-bond acceptors (Lipinski definition) is 5. The Bertz CT molecular complexity index is 869. The van der Waals surface area contributed by atoms with Gasteiger partial charge < -0.3 is 14.2 Å². The van der Waals surface area contributed by atoms with Gasteiger partial charge in [-0.2, -0.15) is 0 Å².